The lowest BCUT2D eigenvalue weighted by molar-refractivity contribution is 0.0624. The molecular weight excluding hydrogens is 462 g/mol. The third-order valence-electron chi connectivity index (χ3n) is 6.54. The Bertz CT molecular complexity index is 1170. The summed E-state index contributed by atoms with van der Waals surface area (Å²) in [7, 11) is 0. The number of nitrogens with zero attached hydrogens (tertiary/aromatic N) is 4. The van der Waals surface area contributed by atoms with Crippen molar-refractivity contribution in [2.24, 2.45) is 0 Å². The number of thiophene rings is 1. The summed E-state index contributed by atoms with van der Waals surface area (Å²) < 4.78 is 3.39. The molecular formula is C26H29N5OS2. The van der Waals surface area contributed by atoms with Crippen molar-refractivity contribution in [3.8, 4) is 0 Å². The number of hydrogen-bond acceptors (Lipinski definition) is 7. The third kappa shape index (κ3) is 4.76. The molecule has 1 aromatic carbocycles. The molecule has 0 atom stereocenters. The zero-order valence-corrected chi connectivity index (χ0v) is 21.2. The molecule has 34 heavy (non-hydrogen) atoms. The molecule has 3 heterocycles. The van der Waals surface area contributed by atoms with E-state index in [-0.39, 0.29) is 11.4 Å². The van der Waals surface area contributed by atoms with E-state index in [2.05, 4.69) is 48.1 Å². The molecule has 1 saturated heterocycles. The highest BCUT2D eigenvalue weighted by Gasteiger charge is 2.53. The Labute approximate surface area is 209 Å². The van der Waals surface area contributed by atoms with Gasteiger partial charge in [-0.25, -0.2) is 9.97 Å². The molecule has 176 valence electrons. The summed E-state index contributed by atoms with van der Waals surface area (Å²) in [5, 5.41) is 2.09. The van der Waals surface area contributed by atoms with Gasteiger partial charge in [0.2, 0.25) is 0 Å². The van der Waals surface area contributed by atoms with E-state index in [0.717, 1.165) is 60.0 Å². The van der Waals surface area contributed by atoms with Gasteiger partial charge in [0.1, 0.15) is 12.1 Å². The fourth-order valence-corrected chi connectivity index (χ4v) is 5.96. The van der Waals surface area contributed by atoms with E-state index >= 15 is 0 Å². The molecule has 0 bridgehead atoms. The number of carbonyl (C=O) groups is 1. The van der Waals surface area contributed by atoms with Crippen LogP contribution >= 0.6 is 23.3 Å². The van der Waals surface area contributed by atoms with Crippen molar-refractivity contribution in [3.05, 3.63) is 75.9 Å². The number of rotatable bonds is 7. The first-order valence-corrected chi connectivity index (χ1v) is 13.3. The van der Waals surface area contributed by atoms with Crippen molar-refractivity contribution >= 4 is 41.1 Å². The quantitative estimate of drug-likeness (QED) is 0.460. The zero-order valence-electron chi connectivity index (χ0n) is 19.5. The summed E-state index contributed by atoms with van der Waals surface area (Å²) in [5.74, 6) is 1.10. The third-order valence-corrected chi connectivity index (χ3v) is 8.21. The smallest absolute Gasteiger partial charge is 0.254 e. The van der Waals surface area contributed by atoms with Crippen molar-refractivity contribution < 1.29 is 4.79 Å². The van der Waals surface area contributed by atoms with E-state index in [1.807, 2.05) is 44.2 Å². The molecule has 1 amide bonds. The molecule has 1 spiro atoms. The highest BCUT2D eigenvalue weighted by Crippen LogP contribution is 2.46. The molecule has 6 nitrogen and oxygen atoms in total. The Morgan fingerprint density at radius 1 is 1.21 bits per heavy atom. The number of hydrogen-bond donors (Lipinski definition) is 1. The van der Waals surface area contributed by atoms with Gasteiger partial charge < -0.3 is 9.80 Å². The van der Waals surface area contributed by atoms with Crippen LogP contribution in [0.15, 0.2) is 59.1 Å². The maximum Gasteiger partial charge on any atom is 0.254 e. The lowest BCUT2D eigenvalue weighted by atomic mass is 10.1. The number of aryl methyl sites for hydroxylation is 1. The number of benzene rings is 1. The van der Waals surface area contributed by atoms with Gasteiger partial charge >= 0.3 is 0 Å². The molecule has 5 rings (SSSR count). The number of aromatic nitrogens is 2. The maximum absolute atomic E-state index is 13.5. The average molecular weight is 492 g/mol. The van der Waals surface area contributed by atoms with Gasteiger partial charge in [0.25, 0.3) is 5.91 Å². The van der Waals surface area contributed by atoms with Crippen molar-refractivity contribution in [1.29, 1.82) is 0 Å². The number of piperazine rings is 1. The lowest BCUT2D eigenvalue weighted by Gasteiger charge is -2.43. The van der Waals surface area contributed by atoms with Crippen LogP contribution in [-0.4, -0.2) is 45.9 Å². The van der Waals surface area contributed by atoms with Gasteiger partial charge in [0, 0.05) is 47.1 Å². The van der Waals surface area contributed by atoms with Crippen LogP contribution in [0, 0.1) is 6.92 Å². The first-order chi connectivity index (χ1) is 16.6. The molecule has 0 radical (unpaired) electrons. The monoisotopic (exact) mass is 491 g/mol. The van der Waals surface area contributed by atoms with Gasteiger partial charge in [0.15, 0.2) is 0 Å². The zero-order chi connectivity index (χ0) is 23.5. The van der Waals surface area contributed by atoms with E-state index < -0.39 is 0 Å². The largest absolute Gasteiger partial charge is 0.352 e. The second-order valence-corrected chi connectivity index (χ2v) is 10.8. The molecule has 2 aromatic heterocycles. The normalized spacial score (nSPS) is 17.0. The van der Waals surface area contributed by atoms with Crippen LogP contribution in [0.3, 0.4) is 0 Å². The standard InChI is InChI=1S/C26H29N5OS2/c1-3-5-23-19(2)27-18-28-24(23)30-13-14-31(26(17-30)11-12-26)25(32)20-7-9-21(10-8-20)34-29-16-22-6-4-15-33-22/h3-10,15,18,29H,11-14,16-17H2,1-2H3/b5-3-. The highest BCUT2D eigenvalue weighted by molar-refractivity contribution is 7.97. The maximum atomic E-state index is 13.5. The Hall–Kier alpha value is -2.68. The molecule has 0 unspecified atom stereocenters. The average Bonchev–Trinajstić information content (AvgIpc) is 3.40. The van der Waals surface area contributed by atoms with E-state index in [1.165, 1.54) is 4.88 Å². The molecule has 8 heteroatoms. The number of allylic oxidation sites excluding steroid dienone is 1. The Morgan fingerprint density at radius 2 is 2.03 bits per heavy atom. The minimum atomic E-state index is -0.0862. The Morgan fingerprint density at radius 3 is 2.74 bits per heavy atom. The van der Waals surface area contributed by atoms with Crippen molar-refractivity contribution in [1.82, 2.24) is 19.6 Å². The summed E-state index contributed by atoms with van der Waals surface area (Å²) >= 11 is 3.35. The summed E-state index contributed by atoms with van der Waals surface area (Å²) in [6.45, 7) is 7.16. The molecule has 1 aliphatic heterocycles. The number of amides is 1. The molecule has 2 fully saturated rings. The van der Waals surface area contributed by atoms with E-state index in [9.17, 15) is 4.79 Å². The summed E-state index contributed by atoms with van der Waals surface area (Å²) in [4.78, 5) is 29.3. The van der Waals surface area contributed by atoms with E-state index in [0.29, 0.717) is 6.54 Å². The van der Waals surface area contributed by atoms with Crippen LogP contribution in [0.25, 0.3) is 6.08 Å². The number of carbonyl (C=O) groups excluding carboxylic acids is 1. The fourth-order valence-electron chi connectivity index (χ4n) is 4.56. The minimum Gasteiger partial charge on any atom is -0.352 e. The van der Waals surface area contributed by atoms with Gasteiger partial charge in [-0.15, -0.1) is 11.3 Å². The van der Waals surface area contributed by atoms with Crippen LogP contribution in [0.5, 0.6) is 0 Å². The molecule has 3 aromatic rings. The second-order valence-electron chi connectivity index (χ2n) is 8.83. The Kier molecular flexibility index (Phi) is 6.72. The lowest BCUT2D eigenvalue weighted by Crippen LogP contribution is -2.57. The topological polar surface area (TPSA) is 61.4 Å². The van der Waals surface area contributed by atoms with Crippen LogP contribution in [0.2, 0.25) is 0 Å². The van der Waals surface area contributed by atoms with Crippen LogP contribution < -0.4 is 9.62 Å². The van der Waals surface area contributed by atoms with Crippen molar-refractivity contribution in [2.75, 3.05) is 24.5 Å². The molecule has 2 aliphatic rings. The highest BCUT2D eigenvalue weighted by atomic mass is 32.2. The predicted molar refractivity (Wildman–Crippen MR) is 140 cm³/mol. The summed E-state index contributed by atoms with van der Waals surface area (Å²) in [6, 6.07) is 12.2. The van der Waals surface area contributed by atoms with Gasteiger partial charge in [-0.1, -0.05) is 18.2 Å². The van der Waals surface area contributed by atoms with Crippen LogP contribution in [0.4, 0.5) is 5.82 Å². The first-order valence-electron chi connectivity index (χ1n) is 11.6. The van der Waals surface area contributed by atoms with Crippen molar-refractivity contribution in [2.45, 2.75) is 43.7 Å². The van der Waals surface area contributed by atoms with E-state index in [1.54, 1.807) is 29.6 Å². The Balaban J connectivity index is 1.24. The van der Waals surface area contributed by atoms with E-state index in [4.69, 9.17) is 0 Å². The van der Waals surface area contributed by atoms with Crippen LogP contribution in [-0.2, 0) is 6.54 Å². The summed E-state index contributed by atoms with van der Waals surface area (Å²) in [5.41, 5.74) is 2.72. The molecule has 1 N–H and O–H groups in total. The predicted octanol–water partition coefficient (Wildman–Crippen LogP) is 5.17. The second kappa shape index (κ2) is 9.90. The van der Waals surface area contributed by atoms with Gasteiger partial charge in [-0.2, -0.15) is 0 Å². The van der Waals surface area contributed by atoms with Gasteiger partial charge in [0.05, 0.1) is 11.2 Å². The van der Waals surface area contributed by atoms with Gasteiger partial charge in [-0.3, -0.25) is 9.52 Å². The summed E-state index contributed by atoms with van der Waals surface area (Å²) in [6.07, 6.45) is 7.83. The van der Waals surface area contributed by atoms with Crippen LogP contribution in [0.1, 0.15) is 46.3 Å². The number of anilines is 1. The molecule has 1 saturated carbocycles. The number of nitrogens with one attached hydrogen (secondary N) is 1. The molecule has 1 aliphatic carbocycles. The minimum absolute atomic E-state index is 0.0862. The SMILES string of the molecule is C/C=C\c1c(C)ncnc1N1CCN(C(=O)c2ccc(SNCc3cccs3)cc2)C2(CC2)C1. The fraction of sp³-hybridized carbons (Fsp3) is 0.346. The first kappa shape index (κ1) is 23.1. The van der Waals surface area contributed by atoms with Gasteiger partial charge in [-0.05, 0) is 74.3 Å². The van der Waals surface area contributed by atoms with Crippen molar-refractivity contribution in [3.63, 3.8) is 0 Å².